The average molecular weight is 587 g/mol. The fourth-order valence-electron chi connectivity index (χ4n) is 5.17. The topological polar surface area (TPSA) is 128 Å². The number of amides is 3. The lowest BCUT2D eigenvalue weighted by atomic mass is 9.97. The highest BCUT2D eigenvalue weighted by Crippen LogP contribution is 2.27. The van der Waals surface area contributed by atoms with Gasteiger partial charge in [0.1, 0.15) is 5.75 Å². The first-order chi connectivity index (χ1) is 21.4. The fourth-order valence-corrected chi connectivity index (χ4v) is 5.17. The van der Waals surface area contributed by atoms with Crippen LogP contribution in [0.1, 0.15) is 31.8 Å². The first-order valence-electron chi connectivity index (χ1n) is 14.4. The molecule has 0 spiro atoms. The molecular weight excluding hydrogens is 552 g/mol. The second-order valence-corrected chi connectivity index (χ2v) is 10.3. The monoisotopic (exact) mass is 586 g/mol. The van der Waals surface area contributed by atoms with Crippen LogP contribution in [0.3, 0.4) is 0 Å². The minimum absolute atomic E-state index is 0.197. The van der Waals surface area contributed by atoms with E-state index in [-0.39, 0.29) is 36.3 Å². The van der Waals surface area contributed by atoms with Crippen molar-refractivity contribution in [2.24, 2.45) is 11.5 Å². The van der Waals surface area contributed by atoms with E-state index in [0.29, 0.717) is 25.2 Å². The Hall–Kier alpha value is -5.47. The number of rotatable bonds is 12. The molecule has 8 heteroatoms. The van der Waals surface area contributed by atoms with E-state index < -0.39 is 5.91 Å². The van der Waals surface area contributed by atoms with Crippen LogP contribution in [0.2, 0.25) is 0 Å². The maximum atomic E-state index is 13.8. The summed E-state index contributed by atoms with van der Waals surface area (Å²) in [5.74, 6) is -0.832. The Morgan fingerprint density at radius 3 is 2.27 bits per heavy atom. The van der Waals surface area contributed by atoms with Gasteiger partial charge in [-0.15, -0.1) is 0 Å². The van der Waals surface area contributed by atoms with Crippen molar-refractivity contribution in [3.05, 3.63) is 138 Å². The number of carbonyl (C=O) groups excluding carboxylic acids is 3. The summed E-state index contributed by atoms with van der Waals surface area (Å²) in [7, 11) is 0. The number of para-hydroxylation sites is 1. The normalized spacial score (nSPS) is 10.8. The zero-order valence-electron chi connectivity index (χ0n) is 24.2. The number of benzene rings is 5. The van der Waals surface area contributed by atoms with Gasteiger partial charge in [0.2, 0.25) is 0 Å². The minimum atomic E-state index is -0.630. The lowest BCUT2D eigenvalue weighted by Gasteiger charge is -2.24. The molecule has 0 aliphatic rings. The number of nitrogens with zero attached hydrogens (tertiary/aromatic N) is 1. The van der Waals surface area contributed by atoms with Gasteiger partial charge in [0.25, 0.3) is 17.7 Å². The Morgan fingerprint density at radius 1 is 0.750 bits per heavy atom. The molecule has 0 aliphatic heterocycles. The number of hydrogen-bond acceptors (Lipinski definition) is 5. The highest BCUT2D eigenvalue weighted by Gasteiger charge is 2.19. The Labute approximate surface area is 256 Å². The highest BCUT2D eigenvalue weighted by molar-refractivity contribution is 6.01. The maximum Gasteiger partial charge on any atom is 0.261 e. The molecular formula is C36H34N4O4. The molecule has 0 aromatic heterocycles. The third kappa shape index (κ3) is 7.11. The molecule has 44 heavy (non-hydrogen) atoms. The molecule has 0 bridgehead atoms. The van der Waals surface area contributed by atoms with Crippen LogP contribution in [0.4, 0.5) is 0 Å². The molecule has 0 atom stereocenters. The van der Waals surface area contributed by atoms with Gasteiger partial charge in [-0.25, -0.2) is 0 Å². The van der Waals surface area contributed by atoms with Crippen molar-refractivity contribution in [3.63, 3.8) is 0 Å². The van der Waals surface area contributed by atoms with Gasteiger partial charge in [-0.1, -0.05) is 91.0 Å². The lowest BCUT2D eigenvalue weighted by Crippen LogP contribution is -2.34. The van der Waals surface area contributed by atoms with Crippen LogP contribution >= 0.6 is 0 Å². The fraction of sp³-hybridized carbons (Fsp3) is 0.139. The summed E-state index contributed by atoms with van der Waals surface area (Å²) >= 11 is 0. The van der Waals surface area contributed by atoms with Crippen molar-refractivity contribution in [3.8, 4) is 16.9 Å². The van der Waals surface area contributed by atoms with Gasteiger partial charge in [0, 0.05) is 31.7 Å². The van der Waals surface area contributed by atoms with Crippen molar-refractivity contribution in [2.75, 3.05) is 19.7 Å². The largest absolute Gasteiger partial charge is 0.483 e. The van der Waals surface area contributed by atoms with Gasteiger partial charge in [-0.3, -0.25) is 14.4 Å². The Balaban J connectivity index is 1.44. The summed E-state index contributed by atoms with van der Waals surface area (Å²) in [6, 6.07) is 35.9. The Morgan fingerprint density at radius 2 is 1.45 bits per heavy atom. The zero-order chi connectivity index (χ0) is 30.9. The van der Waals surface area contributed by atoms with Gasteiger partial charge in [-0.2, -0.15) is 0 Å². The molecule has 5 rings (SSSR count). The smallest absolute Gasteiger partial charge is 0.261 e. The van der Waals surface area contributed by atoms with Gasteiger partial charge < -0.3 is 26.4 Å². The molecule has 0 heterocycles. The average Bonchev–Trinajstić information content (AvgIpc) is 3.06. The maximum absolute atomic E-state index is 13.8. The molecule has 5 aromatic rings. The van der Waals surface area contributed by atoms with Crippen molar-refractivity contribution < 1.29 is 19.1 Å². The third-order valence-electron chi connectivity index (χ3n) is 7.31. The van der Waals surface area contributed by atoms with Crippen LogP contribution in [-0.4, -0.2) is 42.3 Å². The molecule has 0 unspecified atom stereocenters. The number of primary amides is 1. The van der Waals surface area contributed by atoms with E-state index in [1.165, 1.54) is 0 Å². The molecule has 0 radical (unpaired) electrons. The highest BCUT2D eigenvalue weighted by atomic mass is 16.5. The molecule has 0 saturated heterocycles. The second-order valence-electron chi connectivity index (χ2n) is 10.3. The van der Waals surface area contributed by atoms with Crippen molar-refractivity contribution in [1.82, 2.24) is 10.2 Å². The Bertz CT molecular complexity index is 1800. The van der Waals surface area contributed by atoms with E-state index in [0.717, 1.165) is 33.0 Å². The first-order valence-corrected chi connectivity index (χ1v) is 14.4. The molecule has 5 N–H and O–H groups in total. The van der Waals surface area contributed by atoms with E-state index in [1.807, 2.05) is 84.9 Å². The molecule has 0 saturated carbocycles. The zero-order valence-corrected chi connectivity index (χ0v) is 24.2. The van der Waals surface area contributed by atoms with E-state index in [2.05, 4.69) is 5.32 Å². The molecule has 3 amide bonds. The Kier molecular flexibility index (Phi) is 9.64. The molecule has 222 valence electrons. The SMILES string of the molecule is NCCNC(=O)c1ccccc1-c1cccc(CN(Cc2cccc3ccccc23)C(=O)COc2ccccc2C(N)=O)c1. The third-order valence-corrected chi connectivity index (χ3v) is 7.31. The number of nitrogens with one attached hydrogen (secondary N) is 1. The van der Waals surface area contributed by atoms with Crippen LogP contribution in [0.25, 0.3) is 21.9 Å². The lowest BCUT2D eigenvalue weighted by molar-refractivity contribution is -0.134. The number of carbonyl (C=O) groups is 3. The van der Waals surface area contributed by atoms with E-state index in [4.69, 9.17) is 16.2 Å². The van der Waals surface area contributed by atoms with Gasteiger partial charge in [0.05, 0.1) is 5.56 Å². The van der Waals surface area contributed by atoms with Crippen LogP contribution < -0.4 is 21.5 Å². The summed E-state index contributed by atoms with van der Waals surface area (Å²) in [5, 5.41) is 4.97. The molecule has 0 aliphatic carbocycles. The van der Waals surface area contributed by atoms with E-state index in [1.54, 1.807) is 35.2 Å². The standard InChI is InChI=1S/C36H34N4O4/c37-19-20-39-36(43)31-16-4-3-15-30(31)27-12-7-9-25(21-27)22-40(23-28-13-8-11-26-10-1-2-14-29(26)28)34(41)24-44-33-18-6-5-17-32(33)35(38)42/h1-18,21H,19-20,22-24,37H2,(H2,38,42)(H,39,43). The van der Waals surface area contributed by atoms with Crippen LogP contribution in [0.15, 0.2) is 115 Å². The van der Waals surface area contributed by atoms with E-state index in [9.17, 15) is 14.4 Å². The van der Waals surface area contributed by atoms with Crippen LogP contribution in [0, 0.1) is 0 Å². The van der Waals surface area contributed by atoms with Gasteiger partial charge >= 0.3 is 0 Å². The van der Waals surface area contributed by atoms with Crippen molar-refractivity contribution >= 4 is 28.5 Å². The first kappa shape index (κ1) is 30.0. The van der Waals surface area contributed by atoms with Crippen molar-refractivity contribution in [2.45, 2.75) is 13.1 Å². The number of ether oxygens (including phenoxy) is 1. The van der Waals surface area contributed by atoms with Gasteiger partial charge in [0.15, 0.2) is 6.61 Å². The molecule has 0 fully saturated rings. The minimum Gasteiger partial charge on any atom is -0.483 e. The summed E-state index contributed by atoms with van der Waals surface area (Å²) in [5.41, 5.74) is 15.3. The summed E-state index contributed by atoms with van der Waals surface area (Å²) in [4.78, 5) is 40.2. The summed E-state index contributed by atoms with van der Waals surface area (Å²) < 4.78 is 5.83. The van der Waals surface area contributed by atoms with Crippen LogP contribution in [-0.2, 0) is 17.9 Å². The van der Waals surface area contributed by atoms with Crippen LogP contribution in [0.5, 0.6) is 5.75 Å². The van der Waals surface area contributed by atoms with Crippen molar-refractivity contribution in [1.29, 1.82) is 0 Å². The van der Waals surface area contributed by atoms with E-state index >= 15 is 0 Å². The number of hydrogen-bond donors (Lipinski definition) is 3. The summed E-state index contributed by atoms with van der Waals surface area (Å²) in [6.45, 7) is 1.08. The quantitative estimate of drug-likeness (QED) is 0.192. The molecule has 8 nitrogen and oxygen atoms in total. The number of nitrogens with two attached hydrogens (primary N) is 2. The number of fused-ring (bicyclic) bond motifs is 1. The molecule has 5 aromatic carbocycles. The predicted octanol–water partition coefficient (Wildman–Crippen LogP) is 4.90. The van der Waals surface area contributed by atoms with Gasteiger partial charge in [-0.05, 0) is 57.3 Å². The predicted molar refractivity (Wildman–Crippen MR) is 172 cm³/mol. The second kappa shape index (κ2) is 14.1. The summed E-state index contributed by atoms with van der Waals surface area (Å²) in [6.07, 6.45) is 0.